The molecule has 1 aromatic carbocycles. The highest BCUT2D eigenvalue weighted by molar-refractivity contribution is 9.10. The van der Waals surface area contributed by atoms with Crippen LogP contribution in [0.4, 0.5) is 8.78 Å². The van der Waals surface area contributed by atoms with Crippen molar-refractivity contribution >= 4 is 31.9 Å². The zero-order valence-corrected chi connectivity index (χ0v) is 13.2. The topological polar surface area (TPSA) is 12.5 Å². The summed E-state index contributed by atoms with van der Waals surface area (Å²) < 4.78 is 32.8. The van der Waals surface area contributed by atoms with Gasteiger partial charge in [0.25, 0.3) is 0 Å². The Morgan fingerprint density at radius 2 is 2.00 bits per heavy atom. The first kappa shape index (κ1) is 16.0. The Kier molecular flexibility index (Phi) is 7.29. The number of halogens is 4. The van der Waals surface area contributed by atoms with Gasteiger partial charge >= 0.3 is 0 Å². The van der Waals surface area contributed by atoms with E-state index < -0.39 is 11.6 Å². The quantitative estimate of drug-likeness (QED) is 0.403. The van der Waals surface area contributed by atoms with Crippen LogP contribution in [-0.2, 0) is 11.3 Å². The van der Waals surface area contributed by atoms with Crippen molar-refractivity contribution in [3.63, 3.8) is 0 Å². The number of nitrogens with zero attached hydrogens (tertiary/aromatic N) is 1. The van der Waals surface area contributed by atoms with E-state index in [-0.39, 0.29) is 16.6 Å². The lowest BCUT2D eigenvalue weighted by Crippen LogP contribution is -2.24. The molecular weight excluding hydrogens is 372 g/mol. The monoisotopic (exact) mass is 385 g/mol. The largest absolute Gasteiger partial charge is 0.379 e. The number of benzene rings is 1. The molecule has 0 N–H and O–H groups in total. The Bertz CT molecular complexity index is 391. The van der Waals surface area contributed by atoms with E-state index in [0.717, 1.165) is 5.33 Å². The van der Waals surface area contributed by atoms with Gasteiger partial charge < -0.3 is 4.74 Å². The standard InChI is InChI=1S/C12H15Br2F2NO/c1-17(5-7-18-6-4-13)8-9-11(15)3-2-10(14)12(9)16/h2-3H,4-8H2,1H3. The van der Waals surface area contributed by atoms with Gasteiger partial charge in [0.15, 0.2) is 0 Å². The number of likely N-dealkylation sites (N-methyl/N-ethyl adjacent to an activating group) is 1. The highest BCUT2D eigenvalue weighted by atomic mass is 79.9. The Morgan fingerprint density at radius 1 is 1.28 bits per heavy atom. The Balaban J connectivity index is 2.54. The lowest BCUT2D eigenvalue weighted by Gasteiger charge is -2.17. The van der Waals surface area contributed by atoms with Crippen molar-refractivity contribution in [3.05, 3.63) is 33.8 Å². The molecule has 6 heteroatoms. The average Bonchev–Trinajstić information content (AvgIpc) is 2.35. The zero-order chi connectivity index (χ0) is 13.5. The van der Waals surface area contributed by atoms with Crippen LogP contribution < -0.4 is 0 Å². The van der Waals surface area contributed by atoms with E-state index in [0.29, 0.717) is 19.8 Å². The number of ether oxygens (including phenoxy) is 1. The van der Waals surface area contributed by atoms with Crippen LogP contribution in [-0.4, -0.2) is 37.0 Å². The maximum Gasteiger partial charge on any atom is 0.144 e. The van der Waals surface area contributed by atoms with Gasteiger partial charge in [-0.1, -0.05) is 15.9 Å². The molecule has 0 aromatic heterocycles. The lowest BCUT2D eigenvalue weighted by molar-refractivity contribution is 0.122. The van der Waals surface area contributed by atoms with Crippen molar-refractivity contribution in [2.45, 2.75) is 6.54 Å². The molecule has 0 heterocycles. The molecule has 1 rings (SSSR count). The molecule has 0 atom stereocenters. The summed E-state index contributed by atoms with van der Waals surface area (Å²) >= 11 is 6.31. The average molecular weight is 387 g/mol. The molecule has 1 aromatic rings. The van der Waals surface area contributed by atoms with E-state index in [1.807, 2.05) is 4.90 Å². The highest BCUT2D eigenvalue weighted by Gasteiger charge is 2.13. The summed E-state index contributed by atoms with van der Waals surface area (Å²) in [5.41, 5.74) is 0.0763. The van der Waals surface area contributed by atoms with Gasteiger partial charge in [-0.05, 0) is 35.1 Å². The molecule has 0 spiro atoms. The third-order valence-corrected chi connectivity index (χ3v) is 3.34. The molecule has 102 valence electrons. The maximum atomic E-state index is 13.7. The fraction of sp³-hybridized carbons (Fsp3) is 0.500. The fourth-order valence-electron chi connectivity index (χ4n) is 1.44. The van der Waals surface area contributed by atoms with Gasteiger partial charge in [-0.25, -0.2) is 8.78 Å². The van der Waals surface area contributed by atoms with Crippen molar-refractivity contribution in [3.8, 4) is 0 Å². The van der Waals surface area contributed by atoms with E-state index in [2.05, 4.69) is 31.9 Å². The maximum absolute atomic E-state index is 13.7. The van der Waals surface area contributed by atoms with E-state index in [1.165, 1.54) is 12.1 Å². The fourth-order valence-corrected chi connectivity index (χ4v) is 2.04. The second-order valence-corrected chi connectivity index (χ2v) is 5.51. The number of hydrogen-bond acceptors (Lipinski definition) is 2. The van der Waals surface area contributed by atoms with E-state index in [4.69, 9.17) is 4.74 Å². The molecule has 18 heavy (non-hydrogen) atoms. The van der Waals surface area contributed by atoms with Gasteiger partial charge in [0.1, 0.15) is 11.6 Å². The predicted octanol–water partition coefficient (Wildman–Crippen LogP) is 3.57. The van der Waals surface area contributed by atoms with Crippen LogP contribution in [0.15, 0.2) is 16.6 Å². The third-order valence-electron chi connectivity index (χ3n) is 2.41. The van der Waals surface area contributed by atoms with Gasteiger partial charge in [-0.3, -0.25) is 4.90 Å². The van der Waals surface area contributed by atoms with Crippen molar-refractivity contribution in [2.75, 3.05) is 32.1 Å². The molecular formula is C12H15Br2F2NO. The molecule has 0 saturated heterocycles. The second-order valence-electron chi connectivity index (χ2n) is 3.86. The van der Waals surface area contributed by atoms with Crippen LogP contribution >= 0.6 is 31.9 Å². The molecule has 0 saturated carbocycles. The minimum Gasteiger partial charge on any atom is -0.379 e. The van der Waals surface area contributed by atoms with E-state index in [9.17, 15) is 8.78 Å². The van der Waals surface area contributed by atoms with E-state index in [1.54, 1.807) is 7.05 Å². The summed E-state index contributed by atoms with van der Waals surface area (Å²) in [6.45, 7) is 2.01. The van der Waals surface area contributed by atoms with Crippen LogP contribution in [0.3, 0.4) is 0 Å². The lowest BCUT2D eigenvalue weighted by atomic mass is 10.2. The summed E-state index contributed by atoms with van der Waals surface area (Å²) in [5.74, 6) is -1.06. The molecule has 0 aliphatic rings. The molecule has 0 unspecified atom stereocenters. The van der Waals surface area contributed by atoms with Crippen LogP contribution in [0.25, 0.3) is 0 Å². The van der Waals surface area contributed by atoms with Crippen LogP contribution in [0.1, 0.15) is 5.56 Å². The summed E-state index contributed by atoms with van der Waals surface area (Å²) in [6, 6.07) is 2.63. The van der Waals surface area contributed by atoms with Crippen LogP contribution in [0.2, 0.25) is 0 Å². The van der Waals surface area contributed by atoms with Gasteiger partial charge in [-0.2, -0.15) is 0 Å². The molecule has 0 radical (unpaired) electrons. The normalized spacial score (nSPS) is 11.2. The minimum atomic E-state index is -0.539. The molecule has 0 amide bonds. The van der Waals surface area contributed by atoms with E-state index >= 15 is 0 Å². The SMILES string of the molecule is CN(CCOCCBr)Cc1c(F)ccc(Br)c1F. The summed E-state index contributed by atoms with van der Waals surface area (Å²) in [7, 11) is 1.80. The first-order valence-electron chi connectivity index (χ1n) is 5.51. The number of alkyl halides is 1. The number of hydrogen-bond donors (Lipinski definition) is 0. The van der Waals surface area contributed by atoms with Crippen LogP contribution in [0.5, 0.6) is 0 Å². The smallest absolute Gasteiger partial charge is 0.144 e. The molecule has 0 aliphatic heterocycles. The zero-order valence-electron chi connectivity index (χ0n) is 10.1. The first-order valence-corrected chi connectivity index (χ1v) is 7.42. The van der Waals surface area contributed by atoms with Gasteiger partial charge in [0.2, 0.25) is 0 Å². The molecule has 0 bridgehead atoms. The molecule has 0 fully saturated rings. The van der Waals surface area contributed by atoms with Crippen molar-refractivity contribution < 1.29 is 13.5 Å². The van der Waals surface area contributed by atoms with Crippen molar-refractivity contribution in [2.24, 2.45) is 0 Å². The molecule has 2 nitrogen and oxygen atoms in total. The van der Waals surface area contributed by atoms with Crippen LogP contribution in [0, 0.1) is 11.6 Å². The summed E-state index contributed by atoms with van der Waals surface area (Å²) in [5, 5.41) is 0.783. The van der Waals surface area contributed by atoms with Gasteiger partial charge in [-0.15, -0.1) is 0 Å². The van der Waals surface area contributed by atoms with Gasteiger partial charge in [0, 0.05) is 24.0 Å². The minimum absolute atomic E-state index is 0.0763. The van der Waals surface area contributed by atoms with Crippen molar-refractivity contribution in [1.82, 2.24) is 4.90 Å². The number of rotatable bonds is 7. The molecule has 0 aliphatic carbocycles. The Hall–Kier alpha value is -0.0400. The Labute approximate surface area is 123 Å². The van der Waals surface area contributed by atoms with Gasteiger partial charge in [0.05, 0.1) is 17.7 Å². The first-order chi connectivity index (χ1) is 8.56. The summed E-state index contributed by atoms with van der Waals surface area (Å²) in [4.78, 5) is 1.82. The predicted molar refractivity (Wildman–Crippen MR) is 75.0 cm³/mol. The third kappa shape index (κ3) is 4.91. The Morgan fingerprint density at radius 3 is 2.67 bits per heavy atom. The summed E-state index contributed by atoms with van der Waals surface area (Å²) in [6.07, 6.45) is 0. The second kappa shape index (κ2) is 8.19. The highest BCUT2D eigenvalue weighted by Crippen LogP contribution is 2.22. The van der Waals surface area contributed by atoms with Crippen molar-refractivity contribution in [1.29, 1.82) is 0 Å².